The van der Waals surface area contributed by atoms with Crippen molar-refractivity contribution in [1.29, 1.82) is 0 Å². The molecule has 20 heavy (non-hydrogen) atoms. The molecule has 0 aliphatic carbocycles. The maximum Gasteiger partial charge on any atom is 0.0594 e. The first kappa shape index (κ1) is 15.4. The van der Waals surface area contributed by atoms with E-state index in [1.165, 1.54) is 16.7 Å². The van der Waals surface area contributed by atoms with Gasteiger partial charge in [-0.05, 0) is 49.2 Å². The minimum absolute atomic E-state index is 0.0883. The Bertz CT molecular complexity index is 556. The molecule has 0 saturated heterocycles. The standard InChI is InChI=1S/C17H19Cl2N/c1-4-20-17(14-7-5-11(2)9-12(14)3)15-8-6-13(18)10-16(15)19/h5-10,17,20H,4H2,1-3H3. The van der Waals surface area contributed by atoms with Crippen LogP contribution in [-0.4, -0.2) is 6.54 Å². The molecule has 2 aromatic rings. The molecule has 0 spiro atoms. The Hall–Kier alpha value is -1.02. The number of rotatable bonds is 4. The first-order chi connectivity index (χ1) is 9.52. The van der Waals surface area contributed by atoms with Crippen molar-refractivity contribution in [2.75, 3.05) is 6.54 Å². The predicted octanol–water partition coefficient (Wildman–Crippen LogP) is 5.31. The maximum absolute atomic E-state index is 6.37. The third-order valence-corrected chi connectivity index (χ3v) is 3.98. The first-order valence-electron chi connectivity index (χ1n) is 6.78. The molecule has 0 aliphatic rings. The van der Waals surface area contributed by atoms with E-state index in [2.05, 4.69) is 44.3 Å². The van der Waals surface area contributed by atoms with Crippen LogP contribution in [-0.2, 0) is 0 Å². The monoisotopic (exact) mass is 307 g/mol. The zero-order valence-corrected chi connectivity index (χ0v) is 13.5. The summed E-state index contributed by atoms with van der Waals surface area (Å²) < 4.78 is 0. The molecule has 0 radical (unpaired) electrons. The van der Waals surface area contributed by atoms with E-state index >= 15 is 0 Å². The fourth-order valence-electron chi connectivity index (χ4n) is 2.48. The van der Waals surface area contributed by atoms with Gasteiger partial charge in [0.05, 0.1) is 6.04 Å². The Kier molecular flexibility index (Phi) is 5.09. The topological polar surface area (TPSA) is 12.0 Å². The van der Waals surface area contributed by atoms with Gasteiger partial charge in [-0.1, -0.05) is 60.0 Å². The van der Waals surface area contributed by atoms with Crippen molar-refractivity contribution >= 4 is 23.2 Å². The van der Waals surface area contributed by atoms with Gasteiger partial charge < -0.3 is 5.32 Å². The summed E-state index contributed by atoms with van der Waals surface area (Å²) in [6.45, 7) is 7.21. The Balaban J connectivity index is 2.50. The Morgan fingerprint density at radius 1 is 1.00 bits per heavy atom. The van der Waals surface area contributed by atoms with Crippen molar-refractivity contribution in [3.05, 3.63) is 68.7 Å². The summed E-state index contributed by atoms with van der Waals surface area (Å²) in [5.74, 6) is 0. The molecule has 1 unspecified atom stereocenters. The highest BCUT2D eigenvalue weighted by Crippen LogP contribution is 2.32. The number of hydrogen-bond acceptors (Lipinski definition) is 1. The Morgan fingerprint density at radius 2 is 1.70 bits per heavy atom. The highest BCUT2D eigenvalue weighted by Gasteiger charge is 2.18. The van der Waals surface area contributed by atoms with E-state index < -0.39 is 0 Å². The predicted molar refractivity (Wildman–Crippen MR) is 87.9 cm³/mol. The second-order valence-corrected chi connectivity index (χ2v) is 5.86. The van der Waals surface area contributed by atoms with Crippen LogP contribution >= 0.6 is 23.2 Å². The van der Waals surface area contributed by atoms with Crippen LogP contribution in [0.1, 0.15) is 35.2 Å². The minimum atomic E-state index is 0.0883. The van der Waals surface area contributed by atoms with E-state index in [4.69, 9.17) is 23.2 Å². The van der Waals surface area contributed by atoms with Crippen molar-refractivity contribution in [2.24, 2.45) is 0 Å². The lowest BCUT2D eigenvalue weighted by Crippen LogP contribution is -2.23. The molecule has 1 N–H and O–H groups in total. The van der Waals surface area contributed by atoms with Crippen LogP contribution in [0, 0.1) is 13.8 Å². The molecule has 0 amide bonds. The molecule has 0 bridgehead atoms. The van der Waals surface area contributed by atoms with Gasteiger partial charge in [0.1, 0.15) is 0 Å². The number of halogens is 2. The van der Waals surface area contributed by atoms with E-state index in [1.807, 2.05) is 12.1 Å². The smallest absolute Gasteiger partial charge is 0.0594 e. The fourth-order valence-corrected chi connectivity index (χ4v) is 2.99. The highest BCUT2D eigenvalue weighted by atomic mass is 35.5. The number of nitrogens with one attached hydrogen (secondary N) is 1. The van der Waals surface area contributed by atoms with E-state index in [9.17, 15) is 0 Å². The second kappa shape index (κ2) is 6.62. The van der Waals surface area contributed by atoms with Gasteiger partial charge in [-0.25, -0.2) is 0 Å². The van der Waals surface area contributed by atoms with Gasteiger partial charge in [-0.2, -0.15) is 0 Å². The van der Waals surface area contributed by atoms with Crippen LogP contribution in [0.15, 0.2) is 36.4 Å². The number of benzene rings is 2. The van der Waals surface area contributed by atoms with Crippen molar-refractivity contribution < 1.29 is 0 Å². The van der Waals surface area contributed by atoms with E-state index in [0.717, 1.165) is 12.1 Å². The highest BCUT2D eigenvalue weighted by molar-refractivity contribution is 6.35. The van der Waals surface area contributed by atoms with E-state index in [0.29, 0.717) is 10.0 Å². The average Bonchev–Trinajstić information content (AvgIpc) is 2.37. The summed E-state index contributed by atoms with van der Waals surface area (Å²) in [4.78, 5) is 0. The Labute approximate surface area is 130 Å². The van der Waals surface area contributed by atoms with Gasteiger partial charge in [-0.3, -0.25) is 0 Å². The summed E-state index contributed by atoms with van der Waals surface area (Å²) in [6, 6.07) is 12.3. The molecule has 106 valence electrons. The number of aryl methyl sites for hydroxylation is 2. The lowest BCUT2D eigenvalue weighted by Gasteiger charge is -2.22. The average molecular weight is 308 g/mol. The van der Waals surface area contributed by atoms with Crippen LogP contribution in [0.3, 0.4) is 0 Å². The summed E-state index contributed by atoms with van der Waals surface area (Å²) in [5, 5.41) is 4.87. The normalized spacial score (nSPS) is 12.4. The molecule has 0 saturated carbocycles. The zero-order chi connectivity index (χ0) is 14.7. The third kappa shape index (κ3) is 3.35. The fraction of sp³-hybridized carbons (Fsp3) is 0.294. The van der Waals surface area contributed by atoms with Gasteiger partial charge in [0, 0.05) is 10.0 Å². The first-order valence-corrected chi connectivity index (χ1v) is 7.54. The summed E-state index contributed by atoms with van der Waals surface area (Å²) in [7, 11) is 0. The van der Waals surface area contributed by atoms with Gasteiger partial charge in [0.25, 0.3) is 0 Å². The lowest BCUT2D eigenvalue weighted by molar-refractivity contribution is 0.628. The zero-order valence-electron chi connectivity index (χ0n) is 12.0. The molecule has 2 aromatic carbocycles. The van der Waals surface area contributed by atoms with Crippen LogP contribution in [0.4, 0.5) is 0 Å². The SMILES string of the molecule is CCNC(c1ccc(C)cc1C)c1ccc(Cl)cc1Cl. The summed E-state index contributed by atoms with van der Waals surface area (Å²) in [5.41, 5.74) is 4.84. The van der Waals surface area contributed by atoms with Crippen molar-refractivity contribution in [3.8, 4) is 0 Å². The van der Waals surface area contributed by atoms with Crippen LogP contribution < -0.4 is 5.32 Å². The molecule has 1 nitrogen and oxygen atoms in total. The van der Waals surface area contributed by atoms with Crippen molar-refractivity contribution in [3.63, 3.8) is 0 Å². The van der Waals surface area contributed by atoms with Crippen molar-refractivity contribution in [1.82, 2.24) is 5.32 Å². The maximum atomic E-state index is 6.37. The van der Waals surface area contributed by atoms with Gasteiger partial charge >= 0.3 is 0 Å². The Morgan fingerprint density at radius 3 is 2.30 bits per heavy atom. The molecule has 0 fully saturated rings. The quantitative estimate of drug-likeness (QED) is 0.807. The van der Waals surface area contributed by atoms with Crippen LogP contribution in [0.25, 0.3) is 0 Å². The molecule has 0 heterocycles. The second-order valence-electron chi connectivity index (χ2n) is 5.02. The van der Waals surface area contributed by atoms with Crippen molar-refractivity contribution in [2.45, 2.75) is 26.8 Å². The lowest BCUT2D eigenvalue weighted by atomic mass is 9.93. The molecule has 1 atom stereocenters. The number of hydrogen-bond donors (Lipinski definition) is 1. The van der Waals surface area contributed by atoms with Gasteiger partial charge in [-0.15, -0.1) is 0 Å². The molecule has 2 rings (SSSR count). The van der Waals surface area contributed by atoms with Crippen LogP contribution in [0.5, 0.6) is 0 Å². The summed E-state index contributed by atoms with van der Waals surface area (Å²) >= 11 is 12.4. The third-order valence-electron chi connectivity index (χ3n) is 3.42. The molecule has 3 heteroatoms. The summed E-state index contributed by atoms with van der Waals surface area (Å²) in [6.07, 6.45) is 0. The largest absolute Gasteiger partial charge is 0.306 e. The van der Waals surface area contributed by atoms with E-state index in [1.54, 1.807) is 6.07 Å². The molecule has 0 aliphatic heterocycles. The van der Waals surface area contributed by atoms with Gasteiger partial charge in [0.2, 0.25) is 0 Å². The molecular formula is C17H19Cl2N. The van der Waals surface area contributed by atoms with E-state index in [-0.39, 0.29) is 6.04 Å². The minimum Gasteiger partial charge on any atom is -0.306 e. The van der Waals surface area contributed by atoms with Gasteiger partial charge in [0.15, 0.2) is 0 Å². The van der Waals surface area contributed by atoms with Crippen LogP contribution in [0.2, 0.25) is 10.0 Å². The molecular weight excluding hydrogens is 289 g/mol. The molecule has 0 aromatic heterocycles.